The highest BCUT2D eigenvalue weighted by molar-refractivity contribution is 7.89. The Labute approximate surface area is 167 Å². The Morgan fingerprint density at radius 1 is 1.18 bits per heavy atom. The number of halogens is 1. The predicted octanol–water partition coefficient (Wildman–Crippen LogP) is 3.59. The highest BCUT2D eigenvalue weighted by atomic mass is 35.5. The van der Waals surface area contributed by atoms with E-state index in [1.54, 1.807) is 6.92 Å². The van der Waals surface area contributed by atoms with Crippen LogP contribution in [0, 0.1) is 17.0 Å². The second-order valence-electron chi connectivity index (χ2n) is 6.47. The lowest BCUT2D eigenvalue weighted by atomic mass is 10.1. The summed E-state index contributed by atoms with van der Waals surface area (Å²) in [5.74, 6) is -0.501. The summed E-state index contributed by atoms with van der Waals surface area (Å²) in [7, 11) is -3.74. The number of benzene rings is 2. The molecule has 0 radical (unpaired) electrons. The molecule has 3 rings (SSSR count). The van der Waals surface area contributed by atoms with Gasteiger partial charge >= 0.3 is 0 Å². The maximum absolute atomic E-state index is 12.8. The van der Waals surface area contributed by atoms with Crippen LogP contribution in [0.4, 0.5) is 11.4 Å². The molecule has 1 amide bonds. The first-order valence-electron chi connectivity index (χ1n) is 8.56. The quantitative estimate of drug-likeness (QED) is 0.583. The highest BCUT2D eigenvalue weighted by Gasteiger charge is 2.29. The van der Waals surface area contributed by atoms with Crippen LogP contribution in [-0.4, -0.2) is 36.6 Å². The maximum Gasteiger partial charge on any atom is 0.269 e. The third kappa shape index (κ3) is 4.01. The van der Waals surface area contributed by atoms with Crippen molar-refractivity contribution < 1.29 is 18.1 Å². The minimum atomic E-state index is -3.74. The van der Waals surface area contributed by atoms with Crippen LogP contribution in [0.25, 0.3) is 0 Å². The van der Waals surface area contributed by atoms with Crippen molar-refractivity contribution in [1.82, 2.24) is 4.31 Å². The maximum atomic E-state index is 12.8. The third-order valence-corrected chi connectivity index (χ3v) is 6.92. The molecule has 0 aromatic heterocycles. The lowest BCUT2D eigenvalue weighted by Gasteiger charge is -2.17. The first-order valence-corrected chi connectivity index (χ1v) is 10.4. The first kappa shape index (κ1) is 20.2. The number of aryl methyl sites for hydroxylation is 1. The number of carbonyl (C=O) groups is 1. The average molecular weight is 424 g/mol. The van der Waals surface area contributed by atoms with Crippen molar-refractivity contribution in [2.45, 2.75) is 24.7 Å². The Hall–Kier alpha value is -2.49. The number of non-ortho nitro benzene ring substituents is 1. The molecule has 8 nitrogen and oxygen atoms in total. The van der Waals surface area contributed by atoms with Crippen molar-refractivity contribution in [2.24, 2.45) is 0 Å². The van der Waals surface area contributed by atoms with Gasteiger partial charge in [-0.3, -0.25) is 14.9 Å². The van der Waals surface area contributed by atoms with Gasteiger partial charge in [0.2, 0.25) is 10.0 Å². The number of amides is 1. The van der Waals surface area contributed by atoms with Crippen LogP contribution in [0.1, 0.15) is 28.8 Å². The zero-order valence-corrected chi connectivity index (χ0v) is 16.6. The standard InChI is InChI=1S/C18H18ClN3O5S/c1-12-10-14(22(24)25)5-6-15(12)18(23)20-13-4-7-16(19)17(11-13)28(26,27)21-8-2-3-9-21/h4-7,10-11H,2-3,8-9H2,1H3,(H,20,23). The van der Waals surface area contributed by atoms with Crippen molar-refractivity contribution in [3.63, 3.8) is 0 Å². The van der Waals surface area contributed by atoms with E-state index in [0.29, 0.717) is 18.7 Å². The summed E-state index contributed by atoms with van der Waals surface area (Å²) in [6, 6.07) is 8.16. The lowest BCUT2D eigenvalue weighted by molar-refractivity contribution is -0.384. The van der Waals surface area contributed by atoms with Crippen LogP contribution < -0.4 is 5.32 Å². The van der Waals surface area contributed by atoms with E-state index in [1.165, 1.54) is 40.7 Å². The van der Waals surface area contributed by atoms with Crippen molar-refractivity contribution in [2.75, 3.05) is 18.4 Å². The summed E-state index contributed by atoms with van der Waals surface area (Å²) in [5, 5.41) is 13.5. The largest absolute Gasteiger partial charge is 0.322 e. The van der Waals surface area contributed by atoms with Gasteiger partial charge < -0.3 is 5.32 Å². The SMILES string of the molecule is Cc1cc([N+](=O)[O-])ccc1C(=O)Nc1ccc(Cl)c(S(=O)(=O)N2CCCC2)c1. The second kappa shape index (κ2) is 7.86. The van der Waals surface area contributed by atoms with Gasteiger partial charge in [-0.15, -0.1) is 0 Å². The molecule has 1 aliphatic heterocycles. The van der Waals surface area contributed by atoms with E-state index in [9.17, 15) is 23.3 Å². The number of nitro groups is 1. The number of nitro benzene ring substituents is 1. The molecule has 0 unspecified atom stereocenters. The second-order valence-corrected chi connectivity index (χ2v) is 8.78. The number of rotatable bonds is 5. The van der Waals surface area contributed by atoms with Crippen LogP contribution in [0.3, 0.4) is 0 Å². The van der Waals surface area contributed by atoms with Crippen molar-refractivity contribution in [1.29, 1.82) is 0 Å². The average Bonchev–Trinajstić information content (AvgIpc) is 3.18. The van der Waals surface area contributed by atoms with Gasteiger partial charge in [0.05, 0.1) is 9.95 Å². The van der Waals surface area contributed by atoms with Gasteiger partial charge in [0.15, 0.2) is 0 Å². The Balaban J connectivity index is 1.87. The fraction of sp³-hybridized carbons (Fsp3) is 0.278. The van der Waals surface area contributed by atoms with Crippen LogP contribution in [0.5, 0.6) is 0 Å². The molecular weight excluding hydrogens is 406 g/mol. The minimum Gasteiger partial charge on any atom is -0.322 e. The van der Waals surface area contributed by atoms with Gasteiger partial charge in [0.25, 0.3) is 11.6 Å². The fourth-order valence-electron chi connectivity index (χ4n) is 3.06. The zero-order valence-electron chi connectivity index (χ0n) is 15.0. The van der Waals surface area contributed by atoms with E-state index < -0.39 is 20.9 Å². The number of hydrogen-bond acceptors (Lipinski definition) is 5. The highest BCUT2D eigenvalue weighted by Crippen LogP contribution is 2.30. The van der Waals surface area contributed by atoms with E-state index in [4.69, 9.17) is 11.6 Å². The summed E-state index contributed by atoms with van der Waals surface area (Å²) in [4.78, 5) is 22.8. The van der Waals surface area contributed by atoms with E-state index in [-0.39, 0.29) is 26.9 Å². The van der Waals surface area contributed by atoms with Crippen molar-refractivity contribution in [3.05, 3.63) is 62.7 Å². The Morgan fingerprint density at radius 2 is 1.86 bits per heavy atom. The summed E-state index contributed by atoms with van der Waals surface area (Å²) >= 11 is 6.10. The molecule has 1 fully saturated rings. The summed E-state index contributed by atoms with van der Waals surface area (Å²) < 4.78 is 26.9. The van der Waals surface area contributed by atoms with Gasteiger partial charge in [0.1, 0.15) is 4.90 Å². The monoisotopic (exact) mass is 423 g/mol. The molecule has 0 saturated carbocycles. The van der Waals surface area contributed by atoms with Gasteiger partial charge in [0, 0.05) is 36.5 Å². The van der Waals surface area contributed by atoms with Crippen LogP contribution >= 0.6 is 11.6 Å². The Morgan fingerprint density at radius 3 is 2.46 bits per heavy atom. The van der Waals surface area contributed by atoms with Crippen molar-refractivity contribution in [3.8, 4) is 0 Å². The fourth-order valence-corrected chi connectivity index (χ4v) is 5.08. The van der Waals surface area contributed by atoms with E-state index >= 15 is 0 Å². The number of anilines is 1. The minimum absolute atomic E-state index is 0.0608. The zero-order chi connectivity index (χ0) is 20.5. The molecule has 2 aromatic carbocycles. The van der Waals surface area contributed by atoms with E-state index in [2.05, 4.69) is 5.32 Å². The van der Waals surface area contributed by atoms with Crippen LogP contribution in [-0.2, 0) is 10.0 Å². The number of nitrogens with zero attached hydrogens (tertiary/aromatic N) is 2. The Bertz CT molecular complexity index is 1050. The number of sulfonamides is 1. The Kier molecular flexibility index (Phi) is 5.69. The van der Waals surface area contributed by atoms with E-state index in [0.717, 1.165) is 12.8 Å². The topological polar surface area (TPSA) is 110 Å². The smallest absolute Gasteiger partial charge is 0.269 e. The third-order valence-electron chi connectivity index (χ3n) is 4.54. The molecular formula is C18H18ClN3O5S. The van der Waals surface area contributed by atoms with Gasteiger partial charge in [-0.05, 0) is 49.6 Å². The molecule has 0 atom stereocenters. The summed E-state index contributed by atoms with van der Waals surface area (Å²) in [6.07, 6.45) is 1.60. The number of hydrogen-bond donors (Lipinski definition) is 1. The molecule has 1 saturated heterocycles. The number of nitrogens with one attached hydrogen (secondary N) is 1. The summed E-state index contributed by atoms with van der Waals surface area (Å²) in [5.41, 5.74) is 0.847. The normalized spacial score (nSPS) is 14.8. The molecule has 0 bridgehead atoms. The van der Waals surface area contributed by atoms with Crippen molar-refractivity contribution >= 4 is 38.9 Å². The molecule has 148 valence electrons. The molecule has 1 aliphatic rings. The number of carbonyl (C=O) groups excluding carboxylic acids is 1. The summed E-state index contributed by atoms with van der Waals surface area (Å²) in [6.45, 7) is 2.47. The van der Waals surface area contributed by atoms with Gasteiger partial charge in [-0.1, -0.05) is 11.6 Å². The molecule has 0 aliphatic carbocycles. The molecule has 2 aromatic rings. The predicted molar refractivity (Wildman–Crippen MR) is 105 cm³/mol. The molecule has 1 N–H and O–H groups in total. The molecule has 1 heterocycles. The molecule has 28 heavy (non-hydrogen) atoms. The van der Waals surface area contributed by atoms with E-state index in [1.807, 2.05) is 0 Å². The molecule has 0 spiro atoms. The van der Waals surface area contributed by atoms with Crippen LogP contribution in [0.15, 0.2) is 41.3 Å². The first-order chi connectivity index (χ1) is 13.2. The van der Waals surface area contributed by atoms with Gasteiger partial charge in [-0.25, -0.2) is 8.42 Å². The molecule has 10 heteroatoms. The lowest BCUT2D eigenvalue weighted by Crippen LogP contribution is -2.28. The van der Waals surface area contributed by atoms with Crippen LogP contribution in [0.2, 0.25) is 5.02 Å². The van der Waals surface area contributed by atoms with Gasteiger partial charge in [-0.2, -0.15) is 4.31 Å².